The Bertz CT molecular complexity index is 984. The van der Waals surface area contributed by atoms with Crippen LogP contribution in [0.5, 0.6) is 0 Å². The van der Waals surface area contributed by atoms with Crippen molar-refractivity contribution in [2.24, 2.45) is 0 Å². The minimum atomic E-state index is -0.117. The second-order valence-electron chi connectivity index (χ2n) is 4.57. The average molecular weight is 262 g/mol. The summed E-state index contributed by atoms with van der Waals surface area (Å²) in [6.07, 6.45) is 7.26. The zero-order valence-electron chi connectivity index (χ0n) is 10.4. The highest BCUT2D eigenvalue weighted by Crippen LogP contribution is 2.19. The van der Waals surface area contributed by atoms with Gasteiger partial charge in [-0.25, -0.2) is 4.98 Å². The molecule has 4 aromatic rings. The summed E-state index contributed by atoms with van der Waals surface area (Å²) in [5, 5.41) is 2.01. The van der Waals surface area contributed by atoms with Gasteiger partial charge in [0.25, 0.3) is 0 Å². The number of fused-ring (bicyclic) bond motifs is 2. The van der Waals surface area contributed by atoms with Gasteiger partial charge in [-0.2, -0.15) is 0 Å². The van der Waals surface area contributed by atoms with Crippen LogP contribution in [0, 0.1) is 0 Å². The number of hydrogen-bond donors (Lipinski definition) is 1. The lowest BCUT2D eigenvalue weighted by molar-refractivity contribution is 1.04. The van der Waals surface area contributed by atoms with Gasteiger partial charge in [-0.05, 0) is 18.2 Å². The summed E-state index contributed by atoms with van der Waals surface area (Å²) in [6, 6.07) is 9.09. The Morgan fingerprint density at radius 1 is 1.05 bits per heavy atom. The normalized spacial score (nSPS) is 11.2. The van der Waals surface area contributed by atoms with E-state index in [2.05, 4.69) is 15.0 Å². The summed E-state index contributed by atoms with van der Waals surface area (Å²) in [6.45, 7) is 0. The lowest BCUT2D eigenvalue weighted by Crippen LogP contribution is -2.04. The fraction of sp³-hybridized carbons (Fsp3) is 0. The van der Waals surface area contributed by atoms with Crippen LogP contribution in [0.25, 0.3) is 27.6 Å². The van der Waals surface area contributed by atoms with E-state index >= 15 is 0 Å². The predicted molar refractivity (Wildman–Crippen MR) is 77.0 cm³/mol. The van der Waals surface area contributed by atoms with Gasteiger partial charge in [0, 0.05) is 41.5 Å². The Labute approximate surface area is 113 Å². The first-order chi connectivity index (χ1) is 9.81. The summed E-state index contributed by atoms with van der Waals surface area (Å²) in [5.74, 6) is 0.752. The van der Waals surface area contributed by atoms with Gasteiger partial charge in [-0.15, -0.1) is 0 Å². The number of aromatic amines is 1. The highest BCUT2D eigenvalue weighted by molar-refractivity contribution is 5.82. The van der Waals surface area contributed by atoms with Gasteiger partial charge in [0.2, 0.25) is 5.56 Å². The number of hydrogen-bond acceptors (Lipinski definition) is 3. The van der Waals surface area contributed by atoms with Gasteiger partial charge in [0.1, 0.15) is 5.82 Å². The van der Waals surface area contributed by atoms with Gasteiger partial charge in [0.05, 0.1) is 17.2 Å². The summed E-state index contributed by atoms with van der Waals surface area (Å²) in [5.41, 5.74) is 1.64. The van der Waals surface area contributed by atoms with Crippen molar-refractivity contribution in [3.63, 3.8) is 0 Å². The number of rotatable bonds is 1. The summed E-state index contributed by atoms with van der Waals surface area (Å²) < 4.78 is 1.95. The average Bonchev–Trinajstić information content (AvgIpc) is 2.90. The maximum atomic E-state index is 11.4. The largest absolute Gasteiger partial charge is 0.322 e. The monoisotopic (exact) mass is 262 g/mol. The van der Waals surface area contributed by atoms with Crippen LogP contribution >= 0.6 is 0 Å². The molecule has 0 spiro atoms. The summed E-state index contributed by atoms with van der Waals surface area (Å²) in [4.78, 5) is 22.8. The highest BCUT2D eigenvalue weighted by Gasteiger charge is 2.05. The van der Waals surface area contributed by atoms with E-state index in [1.165, 1.54) is 6.07 Å². The molecule has 1 N–H and O–H groups in total. The van der Waals surface area contributed by atoms with Crippen LogP contribution < -0.4 is 5.56 Å². The van der Waals surface area contributed by atoms with Crippen molar-refractivity contribution in [3.8, 4) is 5.82 Å². The molecule has 0 aliphatic carbocycles. The van der Waals surface area contributed by atoms with Crippen molar-refractivity contribution in [2.45, 2.75) is 0 Å². The molecule has 5 nitrogen and oxygen atoms in total. The molecule has 0 radical (unpaired) electrons. The lowest BCUT2D eigenvalue weighted by atomic mass is 10.2. The molecule has 0 saturated carbocycles. The van der Waals surface area contributed by atoms with Crippen LogP contribution in [0.2, 0.25) is 0 Å². The molecule has 0 aliphatic rings. The number of nitrogens with one attached hydrogen (secondary N) is 1. The standard InChI is InChI=1S/C15H10N4O/c20-15-2-1-11-8-17-14(7-12(11)18-15)19-6-4-10-3-5-16-9-13(10)19/h1-9H,(H,18,20). The molecule has 0 aromatic carbocycles. The van der Waals surface area contributed by atoms with Crippen molar-refractivity contribution in [1.82, 2.24) is 19.5 Å². The summed E-state index contributed by atoms with van der Waals surface area (Å²) >= 11 is 0. The van der Waals surface area contributed by atoms with Crippen LogP contribution in [-0.4, -0.2) is 19.5 Å². The first kappa shape index (κ1) is 10.9. The molecule has 5 heteroatoms. The first-order valence-electron chi connectivity index (χ1n) is 6.22. The van der Waals surface area contributed by atoms with E-state index in [0.29, 0.717) is 0 Å². The number of H-pyrrole nitrogens is 1. The molecule has 0 unspecified atom stereocenters. The third kappa shape index (κ3) is 1.60. The van der Waals surface area contributed by atoms with E-state index in [0.717, 1.165) is 27.6 Å². The van der Waals surface area contributed by atoms with E-state index < -0.39 is 0 Å². The van der Waals surface area contributed by atoms with Crippen LogP contribution in [0.3, 0.4) is 0 Å². The maximum absolute atomic E-state index is 11.4. The van der Waals surface area contributed by atoms with Gasteiger partial charge in [-0.1, -0.05) is 0 Å². The molecule has 96 valence electrons. The minimum absolute atomic E-state index is 0.117. The number of pyridine rings is 3. The van der Waals surface area contributed by atoms with Crippen molar-refractivity contribution in [3.05, 3.63) is 65.5 Å². The first-order valence-corrected chi connectivity index (χ1v) is 6.22. The molecule has 0 atom stereocenters. The summed E-state index contributed by atoms with van der Waals surface area (Å²) in [7, 11) is 0. The van der Waals surface area contributed by atoms with Crippen LogP contribution in [0.4, 0.5) is 0 Å². The van der Waals surface area contributed by atoms with E-state index in [4.69, 9.17) is 0 Å². The van der Waals surface area contributed by atoms with Crippen LogP contribution in [-0.2, 0) is 0 Å². The predicted octanol–water partition coefficient (Wildman–Crippen LogP) is 2.26. The van der Waals surface area contributed by atoms with Crippen molar-refractivity contribution >= 4 is 21.8 Å². The van der Waals surface area contributed by atoms with Gasteiger partial charge >= 0.3 is 0 Å². The molecule has 4 heterocycles. The maximum Gasteiger partial charge on any atom is 0.248 e. The van der Waals surface area contributed by atoms with Crippen molar-refractivity contribution in [1.29, 1.82) is 0 Å². The molecule has 4 aromatic heterocycles. The van der Waals surface area contributed by atoms with E-state index in [9.17, 15) is 4.79 Å². The Kier molecular flexibility index (Phi) is 2.20. The molecule has 20 heavy (non-hydrogen) atoms. The quantitative estimate of drug-likeness (QED) is 0.572. The van der Waals surface area contributed by atoms with E-state index in [1.807, 2.05) is 29.0 Å². The second kappa shape index (κ2) is 4.03. The molecule has 0 saturated heterocycles. The SMILES string of the molecule is O=c1ccc2cnc(-n3ccc4ccncc43)cc2[nH]1. The Hall–Kier alpha value is -2.95. The lowest BCUT2D eigenvalue weighted by Gasteiger charge is -2.05. The molecular formula is C15H10N4O. The molecule has 4 rings (SSSR count). The van der Waals surface area contributed by atoms with Crippen LogP contribution in [0.1, 0.15) is 0 Å². The van der Waals surface area contributed by atoms with Crippen LogP contribution in [0.15, 0.2) is 59.9 Å². The van der Waals surface area contributed by atoms with Crippen molar-refractivity contribution < 1.29 is 0 Å². The highest BCUT2D eigenvalue weighted by atomic mass is 16.1. The second-order valence-corrected chi connectivity index (χ2v) is 4.57. The van der Waals surface area contributed by atoms with Gasteiger partial charge in [-0.3, -0.25) is 14.3 Å². The third-order valence-electron chi connectivity index (χ3n) is 3.33. The Balaban J connectivity index is 2.00. The molecule has 0 bridgehead atoms. The fourth-order valence-electron chi connectivity index (χ4n) is 2.34. The molecule has 0 amide bonds. The molecule has 0 fully saturated rings. The van der Waals surface area contributed by atoms with E-state index in [-0.39, 0.29) is 5.56 Å². The number of nitrogens with zero attached hydrogens (tertiary/aromatic N) is 3. The minimum Gasteiger partial charge on any atom is -0.322 e. The molecular weight excluding hydrogens is 252 g/mol. The van der Waals surface area contributed by atoms with Gasteiger partial charge < -0.3 is 4.98 Å². The van der Waals surface area contributed by atoms with Crippen molar-refractivity contribution in [2.75, 3.05) is 0 Å². The zero-order valence-corrected chi connectivity index (χ0v) is 10.4. The third-order valence-corrected chi connectivity index (χ3v) is 3.33. The van der Waals surface area contributed by atoms with E-state index in [1.54, 1.807) is 24.7 Å². The topological polar surface area (TPSA) is 63.6 Å². The Morgan fingerprint density at radius 3 is 2.95 bits per heavy atom. The molecule has 0 aliphatic heterocycles. The zero-order chi connectivity index (χ0) is 13.5. The smallest absolute Gasteiger partial charge is 0.248 e. The fourth-order valence-corrected chi connectivity index (χ4v) is 2.34. The number of aromatic nitrogens is 4. The van der Waals surface area contributed by atoms with Gasteiger partial charge in [0.15, 0.2) is 0 Å². The Morgan fingerprint density at radius 2 is 2.00 bits per heavy atom.